The molecule has 1 aliphatic heterocycles. The van der Waals surface area contributed by atoms with Crippen molar-refractivity contribution in [2.24, 2.45) is 0 Å². The summed E-state index contributed by atoms with van der Waals surface area (Å²) in [5.41, 5.74) is 1.17. The van der Waals surface area contributed by atoms with Crippen LogP contribution in [0.5, 0.6) is 0 Å². The van der Waals surface area contributed by atoms with Crippen LogP contribution in [0.4, 0.5) is 0 Å². The van der Waals surface area contributed by atoms with Crippen LogP contribution < -0.4 is 5.32 Å². The fourth-order valence-corrected chi connectivity index (χ4v) is 2.35. The number of ether oxygens (including phenoxy) is 1. The molecular formula is C13H16ClNO2. The van der Waals surface area contributed by atoms with E-state index in [-0.39, 0.29) is 18.1 Å². The van der Waals surface area contributed by atoms with E-state index >= 15 is 0 Å². The van der Waals surface area contributed by atoms with Crippen LogP contribution in [0.2, 0.25) is 5.02 Å². The smallest absolute Gasteiger partial charge is 0.322 e. The van der Waals surface area contributed by atoms with Crippen LogP contribution in [0.1, 0.15) is 30.9 Å². The van der Waals surface area contributed by atoms with E-state index in [2.05, 4.69) is 5.32 Å². The van der Waals surface area contributed by atoms with Crippen LogP contribution in [0.3, 0.4) is 0 Å². The molecule has 0 bridgehead atoms. The highest BCUT2D eigenvalue weighted by atomic mass is 35.5. The number of halogens is 1. The molecule has 4 heteroatoms. The SMILES string of the molecule is COC(=O)C1CCCC(c2ccc(Cl)cc2)N1. The Bertz CT molecular complexity index is 391. The monoisotopic (exact) mass is 253 g/mol. The van der Waals surface area contributed by atoms with E-state index in [1.165, 1.54) is 12.7 Å². The number of methoxy groups -OCH3 is 1. The Morgan fingerprint density at radius 3 is 2.71 bits per heavy atom. The number of benzene rings is 1. The zero-order valence-corrected chi connectivity index (χ0v) is 10.5. The molecule has 1 saturated heterocycles. The summed E-state index contributed by atoms with van der Waals surface area (Å²) in [6, 6.07) is 7.78. The van der Waals surface area contributed by atoms with Crippen molar-refractivity contribution in [2.45, 2.75) is 31.3 Å². The van der Waals surface area contributed by atoms with Crippen LogP contribution in [0.15, 0.2) is 24.3 Å². The molecule has 1 N–H and O–H groups in total. The standard InChI is InChI=1S/C13H16ClNO2/c1-17-13(16)12-4-2-3-11(15-12)9-5-7-10(14)8-6-9/h5-8,11-12,15H,2-4H2,1H3. The first-order valence-electron chi connectivity index (χ1n) is 5.80. The van der Waals surface area contributed by atoms with Crippen LogP contribution in [-0.2, 0) is 9.53 Å². The van der Waals surface area contributed by atoms with Crippen LogP contribution in [0.25, 0.3) is 0 Å². The number of esters is 1. The molecule has 0 saturated carbocycles. The number of hydrogen-bond acceptors (Lipinski definition) is 3. The number of rotatable bonds is 2. The summed E-state index contributed by atoms with van der Waals surface area (Å²) < 4.78 is 4.77. The molecule has 1 aromatic rings. The van der Waals surface area contributed by atoms with Gasteiger partial charge in [-0.2, -0.15) is 0 Å². The minimum atomic E-state index is -0.186. The maximum Gasteiger partial charge on any atom is 0.322 e. The van der Waals surface area contributed by atoms with Crippen molar-refractivity contribution in [1.29, 1.82) is 0 Å². The Morgan fingerprint density at radius 1 is 1.35 bits per heavy atom. The number of hydrogen-bond donors (Lipinski definition) is 1. The van der Waals surface area contributed by atoms with Crippen LogP contribution in [-0.4, -0.2) is 19.1 Å². The van der Waals surface area contributed by atoms with E-state index in [9.17, 15) is 4.79 Å². The minimum Gasteiger partial charge on any atom is -0.468 e. The predicted octanol–water partition coefficient (Wildman–Crippen LogP) is 2.70. The molecule has 1 fully saturated rings. The summed E-state index contributed by atoms with van der Waals surface area (Å²) in [6.45, 7) is 0. The fourth-order valence-electron chi connectivity index (χ4n) is 2.22. The molecule has 3 nitrogen and oxygen atoms in total. The highest BCUT2D eigenvalue weighted by Crippen LogP contribution is 2.26. The number of carbonyl (C=O) groups is 1. The van der Waals surface area contributed by atoms with E-state index in [1.807, 2.05) is 24.3 Å². The number of piperidine rings is 1. The van der Waals surface area contributed by atoms with Gasteiger partial charge in [-0.1, -0.05) is 23.7 Å². The Balaban J connectivity index is 2.06. The predicted molar refractivity (Wildman–Crippen MR) is 67.0 cm³/mol. The van der Waals surface area contributed by atoms with Gasteiger partial charge in [-0.3, -0.25) is 10.1 Å². The van der Waals surface area contributed by atoms with E-state index in [0.717, 1.165) is 24.3 Å². The molecule has 2 unspecified atom stereocenters. The van der Waals surface area contributed by atoms with Gasteiger partial charge in [0.25, 0.3) is 0 Å². The maximum absolute atomic E-state index is 11.5. The van der Waals surface area contributed by atoms with Crippen molar-refractivity contribution in [3.05, 3.63) is 34.9 Å². The Morgan fingerprint density at radius 2 is 2.06 bits per heavy atom. The van der Waals surface area contributed by atoms with Crippen LogP contribution in [0, 0.1) is 0 Å². The molecule has 0 aliphatic carbocycles. The molecule has 2 rings (SSSR count). The van der Waals surface area contributed by atoms with E-state index in [1.54, 1.807) is 0 Å². The second kappa shape index (κ2) is 5.52. The maximum atomic E-state index is 11.5. The van der Waals surface area contributed by atoms with E-state index in [4.69, 9.17) is 16.3 Å². The average molecular weight is 254 g/mol. The van der Waals surface area contributed by atoms with Gasteiger partial charge in [0.15, 0.2) is 0 Å². The molecule has 2 atom stereocenters. The van der Waals surface area contributed by atoms with Crippen LogP contribution >= 0.6 is 11.6 Å². The second-order valence-electron chi connectivity index (χ2n) is 4.28. The van der Waals surface area contributed by atoms with Gasteiger partial charge in [0.05, 0.1) is 7.11 Å². The summed E-state index contributed by atoms with van der Waals surface area (Å²) >= 11 is 5.86. The van der Waals surface area contributed by atoms with Crippen molar-refractivity contribution in [1.82, 2.24) is 5.32 Å². The molecule has 0 amide bonds. The topological polar surface area (TPSA) is 38.3 Å². The van der Waals surface area contributed by atoms with E-state index < -0.39 is 0 Å². The molecule has 0 spiro atoms. The second-order valence-corrected chi connectivity index (χ2v) is 4.71. The first-order chi connectivity index (χ1) is 8.20. The molecule has 0 aromatic heterocycles. The van der Waals surface area contributed by atoms with Gasteiger partial charge in [0, 0.05) is 11.1 Å². The molecule has 1 aliphatic rings. The molecule has 17 heavy (non-hydrogen) atoms. The highest BCUT2D eigenvalue weighted by molar-refractivity contribution is 6.30. The lowest BCUT2D eigenvalue weighted by atomic mass is 9.93. The summed E-state index contributed by atoms with van der Waals surface area (Å²) in [5.74, 6) is -0.177. The third-order valence-electron chi connectivity index (χ3n) is 3.15. The van der Waals surface area contributed by atoms with Gasteiger partial charge in [0.1, 0.15) is 6.04 Å². The molecule has 1 heterocycles. The molecule has 1 aromatic carbocycles. The first-order valence-corrected chi connectivity index (χ1v) is 6.18. The summed E-state index contributed by atoms with van der Waals surface area (Å²) in [5, 5.41) is 4.05. The molecular weight excluding hydrogens is 238 g/mol. The Kier molecular flexibility index (Phi) is 4.02. The van der Waals surface area contributed by atoms with Crippen molar-refractivity contribution in [2.75, 3.05) is 7.11 Å². The zero-order chi connectivity index (χ0) is 12.3. The lowest BCUT2D eigenvalue weighted by Gasteiger charge is -2.29. The minimum absolute atomic E-state index is 0.177. The summed E-state index contributed by atoms with van der Waals surface area (Å²) in [6.07, 6.45) is 2.91. The zero-order valence-electron chi connectivity index (χ0n) is 9.78. The van der Waals surface area contributed by atoms with Crippen molar-refractivity contribution < 1.29 is 9.53 Å². The van der Waals surface area contributed by atoms with E-state index in [0.29, 0.717) is 0 Å². The normalized spacial score (nSPS) is 24.4. The van der Waals surface area contributed by atoms with Crippen molar-refractivity contribution in [3.8, 4) is 0 Å². The van der Waals surface area contributed by atoms with Gasteiger partial charge < -0.3 is 4.74 Å². The number of nitrogens with one attached hydrogen (secondary N) is 1. The van der Waals surface area contributed by atoms with Gasteiger partial charge >= 0.3 is 5.97 Å². The van der Waals surface area contributed by atoms with Crippen molar-refractivity contribution >= 4 is 17.6 Å². The third-order valence-corrected chi connectivity index (χ3v) is 3.40. The van der Waals surface area contributed by atoms with Crippen molar-refractivity contribution in [3.63, 3.8) is 0 Å². The van der Waals surface area contributed by atoms with Gasteiger partial charge in [0.2, 0.25) is 0 Å². The lowest BCUT2D eigenvalue weighted by Crippen LogP contribution is -2.43. The third kappa shape index (κ3) is 2.99. The quantitative estimate of drug-likeness (QED) is 0.824. The van der Waals surface area contributed by atoms with Gasteiger partial charge in [-0.15, -0.1) is 0 Å². The summed E-state index contributed by atoms with van der Waals surface area (Å²) in [4.78, 5) is 11.5. The fraction of sp³-hybridized carbons (Fsp3) is 0.462. The highest BCUT2D eigenvalue weighted by Gasteiger charge is 2.27. The average Bonchev–Trinajstić information content (AvgIpc) is 2.39. The summed E-state index contributed by atoms with van der Waals surface area (Å²) in [7, 11) is 1.43. The van der Waals surface area contributed by atoms with Gasteiger partial charge in [-0.25, -0.2) is 0 Å². The first kappa shape index (κ1) is 12.4. The number of carbonyl (C=O) groups excluding carboxylic acids is 1. The molecule has 0 radical (unpaired) electrons. The largest absolute Gasteiger partial charge is 0.468 e. The Hall–Kier alpha value is -1.06. The Labute approximate surface area is 106 Å². The lowest BCUT2D eigenvalue weighted by molar-refractivity contribution is -0.144. The molecule has 92 valence electrons. The van der Waals surface area contributed by atoms with Gasteiger partial charge in [-0.05, 0) is 37.0 Å².